The van der Waals surface area contributed by atoms with Crippen LogP contribution in [0.25, 0.3) is 0 Å². The van der Waals surface area contributed by atoms with Crippen LogP contribution in [0.5, 0.6) is 5.75 Å². The molecule has 34 heavy (non-hydrogen) atoms. The molecule has 3 aromatic rings. The van der Waals surface area contributed by atoms with Crippen molar-refractivity contribution in [3.63, 3.8) is 0 Å². The summed E-state index contributed by atoms with van der Waals surface area (Å²) < 4.78 is 46.7. The summed E-state index contributed by atoms with van der Waals surface area (Å²) in [6, 6.07) is 19.1. The summed E-state index contributed by atoms with van der Waals surface area (Å²) in [6.07, 6.45) is 1.37. The van der Waals surface area contributed by atoms with Crippen molar-refractivity contribution < 1.29 is 22.3 Å². The van der Waals surface area contributed by atoms with E-state index in [2.05, 4.69) is 5.32 Å². The predicted octanol–water partition coefficient (Wildman–Crippen LogP) is 4.48. The van der Waals surface area contributed by atoms with E-state index in [-0.39, 0.29) is 10.6 Å². The second-order valence-electron chi connectivity index (χ2n) is 7.80. The molecule has 0 aliphatic carbocycles. The van der Waals surface area contributed by atoms with Gasteiger partial charge in [0, 0.05) is 6.54 Å². The smallest absolute Gasteiger partial charge is 0.264 e. The Morgan fingerprint density at radius 1 is 1.00 bits per heavy atom. The average molecular weight is 485 g/mol. The Labute approximate surface area is 200 Å². The monoisotopic (exact) mass is 484 g/mol. The van der Waals surface area contributed by atoms with Gasteiger partial charge in [0.2, 0.25) is 5.91 Å². The van der Waals surface area contributed by atoms with Crippen molar-refractivity contribution in [2.75, 3.05) is 24.0 Å². The summed E-state index contributed by atoms with van der Waals surface area (Å²) in [5, 5.41) is 2.79. The second kappa shape index (κ2) is 11.7. The lowest BCUT2D eigenvalue weighted by molar-refractivity contribution is -0.119. The summed E-state index contributed by atoms with van der Waals surface area (Å²) in [5.41, 5.74) is 2.17. The van der Waals surface area contributed by atoms with Gasteiger partial charge in [-0.15, -0.1) is 0 Å². The highest BCUT2D eigenvalue weighted by Crippen LogP contribution is 2.24. The van der Waals surface area contributed by atoms with Gasteiger partial charge in [-0.1, -0.05) is 35.9 Å². The molecule has 0 atom stereocenters. The number of aryl methyl sites for hydroxylation is 2. The standard InChI is InChI=1S/C26H29FN2O4S/c1-3-33-25-9-5-4-7-21(25)8-6-18-28-26(30)19-29(23-14-12-22(27)13-15-23)34(31,32)24-16-10-20(2)11-17-24/h4-5,7,9-17H,3,6,8,18-19H2,1-2H3,(H,28,30). The molecule has 0 saturated heterocycles. The third-order valence-electron chi connectivity index (χ3n) is 5.23. The van der Waals surface area contributed by atoms with Gasteiger partial charge < -0.3 is 10.1 Å². The molecule has 0 aliphatic rings. The molecule has 1 amide bonds. The molecule has 1 N–H and O–H groups in total. The van der Waals surface area contributed by atoms with E-state index in [1.165, 1.54) is 36.4 Å². The number of rotatable bonds is 11. The summed E-state index contributed by atoms with van der Waals surface area (Å²) in [4.78, 5) is 12.7. The zero-order chi connectivity index (χ0) is 24.6. The highest BCUT2D eigenvalue weighted by molar-refractivity contribution is 7.92. The fourth-order valence-electron chi connectivity index (χ4n) is 3.46. The van der Waals surface area contributed by atoms with Gasteiger partial charge in [0.1, 0.15) is 18.1 Å². The van der Waals surface area contributed by atoms with E-state index in [0.29, 0.717) is 26.0 Å². The number of ether oxygens (including phenoxy) is 1. The molecule has 0 aromatic heterocycles. The third-order valence-corrected chi connectivity index (χ3v) is 7.02. The number of nitrogens with zero attached hydrogens (tertiary/aromatic N) is 1. The molecule has 0 bridgehead atoms. The fraction of sp³-hybridized carbons (Fsp3) is 0.269. The van der Waals surface area contributed by atoms with Gasteiger partial charge in [-0.2, -0.15) is 0 Å². The SMILES string of the molecule is CCOc1ccccc1CCCNC(=O)CN(c1ccc(F)cc1)S(=O)(=O)c1ccc(C)cc1. The van der Waals surface area contributed by atoms with E-state index < -0.39 is 28.3 Å². The molecular formula is C26H29FN2O4S. The van der Waals surface area contributed by atoms with Crippen molar-refractivity contribution >= 4 is 21.6 Å². The molecule has 0 saturated carbocycles. The minimum absolute atomic E-state index is 0.0581. The minimum atomic E-state index is -4.03. The number of sulfonamides is 1. The van der Waals surface area contributed by atoms with E-state index >= 15 is 0 Å². The first-order valence-electron chi connectivity index (χ1n) is 11.1. The number of benzene rings is 3. The highest BCUT2D eigenvalue weighted by atomic mass is 32.2. The van der Waals surface area contributed by atoms with Gasteiger partial charge in [-0.05, 0) is 74.7 Å². The van der Waals surface area contributed by atoms with Crippen LogP contribution < -0.4 is 14.4 Å². The maximum Gasteiger partial charge on any atom is 0.264 e. The molecule has 0 radical (unpaired) electrons. The van der Waals surface area contributed by atoms with Crippen LogP contribution in [0.1, 0.15) is 24.5 Å². The summed E-state index contributed by atoms with van der Waals surface area (Å²) in [7, 11) is -4.03. The Balaban J connectivity index is 1.68. The third kappa shape index (κ3) is 6.57. The Hall–Kier alpha value is -3.39. The number of amides is 1. The number of hydrogen-bond donors (Lipinski definition) is 1. The molecule has 3 rings (SSSR count). The van der Waals surface area contributed by atoms with Gasteiger partial charge in [-0.3, -0.25) is 9.10 Å². The van der Waals surface area contributed by atoms with Crippen LogP contribution in [0.2, 0.25) is 0 Å². The number of nitrogens with one attached hydrogen (secondary N) is 1. The molecule has 0 heterocycles. The van der Waals surface area contributed by atoms with E-state index in [0.717, 1.165) is 21.2 Å². The molecule has 3 aromatic carbocycles. The second-order valence-corrected chi connectivity index (χ2v) is 9.66. The van der Waals surface area contributed by atoms with Crippen molar-refractivity contribution in [1.82, 2.24) is 5.32 Å². The van der Waals surface area contributed by atoms with Crippen molar-refractivity contribution in [3.05, 3.63) is 89.7 Å². The quantitative estimate of drug-likeness (QED) is 0.407. The Bertz CT molecular complexity index is 1200. The van der Waals surface area contributed by atoms with Gasteiger partial charge in [0.05, 0.1) is 17.2 Å². The molecule has 180 valence electrons. The van der Waals surface area contributed by atoms with Gasteiger partial charge >= 0.3 is 0 Å². The first-order chi connectivity index (χ1) is 16.3. The Morgan fingerprint density at radius 3 is 2.35 bits per heavy atom. The van der Waals surface area contributed by atoms with Crippen LogP contribution >= 0.6 is 0 Å². The lowest BCUT2D eigenvalue weighted by Gasteiger charge is -2.24. The molecule has 0 aliphatic heterocycles. The maximum absolute atomic E-state index is 13.4. The molecule has 0 fully saturated rings. The predicted molar refractivity (Wildman–Crippen MR) is 131 cm³/mol. The molecule has 8 heteroatoms. The largest absolute Gasteiger partial charge is 0.494 e. The Kier molecular flexibility index (Phi) is 8.65. The van der Waals surface area contributed by atoms with Gasteiger partial charge in [0.15, 0.2) is 0 Å². The van der Waals surface area contributed by atoms with E-state index in [1.807, 2.05) is 38.1 Å². The maximum atomic E-state index is 13.4. The first-order valence-corrected chi connectivity index (χ1v) is 12.6. The fourth-order valence-corrected chi connectivity index (χ4v) is 4.88. The van der Waals surface area contributed by atoms with Gasteiger partial charge in [-0.25, -0.2) is 12.8 Å². The number of halogens is 1. The van der Waals surface area contributed by atoms with E-state index in [4.69, 9.17) is 4.74 Å². The molecule has 6 nitrogen and oxygen atoms in total. The van der Waals surface area contributed by atoms with Crippen molar-refractivity contribution in [1.29, 1.82) is 0 Å². The van der Waals surface area contributed by atoms with Crippen molar-refractivity contribution in [2.45, 2.75) is 31.6 Å². The lowest BCUT2D eigenvalue weighted by atomic mass is 10.1. The van der Waals surface area contributed by atoms with Gasteiger partial charge in [0.25, 0.3) is 10.0 Å². The summed E-state index contributed by atoms with van der Waals surface area (Å²) >= 11 is 0. The summed E-state index contributed by atoms with van der Waals surface area (Å²) in [5.74, 6) is -0.116. The first kappa shape index (κ1) is 25.2. The van der Waals surface area contributed by atoms with Crippen LogP contribution in [0, 0.1) is 12.7 Å². The number of carbonyl (C=O) groups is 1. The number of carbonyl (C=O) groups excluding carboxylic acids is 1. The normalized spacial score (nSPS) is 11.1. The van der Waals surface area contributed by atoms with Crippen molar-refractivity contribution in [2.24, 2.45) is 0 Å². The topological polar surface area (TPSA) is 75.7 Å². The van der Waals surface area contributed by atoms with Crippen LogP contribution in [-0.4, -0.2) is 34.0 Å². The summed E-state index contributed by atoms with van der Waals surface area (Å²) in [6.45, 7) is 4.31. The zero-order valence-electron chi connectivity index (χ0n) is 19.3. The van der Waals surface area contributed by atoms with E-state index in [9.17, 15) is 17.6 Å². The van der Waals surface area contributed by atoms with Crippen LogP contribution in [0.4, 0.5) is 10.1 Å². The zero-order valence-corrected chi connectivity index (χ0v) is 20.1. The number of hydrogen-bond acceptors (Lipinski definition) is 4. The highest BCUT2D eigenvalue weighted by Gasteiger charge is 2.27. The number of para-hydroxylation sites is 1. The number of anilines is 1. The molecule has 0 unspecified atom stereocenters. The Morgan fingerprint density at radius 2 is 1.68 bits per heavy atom. The van der Waals surface area contributed by atoms with Crippen LogP contribution in [-0.2, 0) is 21.2 Å². The minimum Gasteiger partial charge on any atom is -0.494 e. The lowest BCUT2D eigenvalue weighted by Crippen LogP contribution is -2.41. The molecule has 0 spiro atoms. The molecular weight excluding hydrogens is 455 g/mol. The van der Waals surface area contributed by atoms with E-state index in [1.54, 1.807) is 12.1 Å². The van der Waals surface area contributed by atoms with Crippen molar-refractivity contribution in [3.8, 4) is 5.75 Å². The average Bonchev–Trinajstić information content (AvgIpc) is 2.82. The van der Waals surface area contributed by atoms with Crippen LogP contribution in [0.15, 0.2) is 77.7 Å². The van der Waals surface area contributed by atoms with Crippen LogP contribution in [0.3, 0.4) is 0 Å².